The lowest BCUT2D eigenvalue weighted by Gasteiger charge is -2.23. The summed E-state index contributed by atoms with van der Waals surface area (Å²) in [7, 11) is 0. The molecule has 0 unspecified atom stereocenters. The molecule has 0 bridgehead atoms. The Morgan fingerprint density at radius 3 is 2.56 bits per heavy atom. The van der Waals surface area contributed by atoms with Gasteiger partial charge in [0, 0.05) is 26.3 Å². The summed E-state index contributed by atoms with van der Waals surface area (Å²) in [6, 6.07) is 3.76. The van der Waals surface area contributed by atoms with Crippen molar-refractivity contribution in [3.8, 4) is 0 Å². The number of hydrogen-bond acceptors (Lipinski definition) is 2. The van der Waals surface area contributed by atoms with Gasteiger partial charge in [0.2, 0.25) is 0 Å². The monoisotopic (exact) mass is 221 g/mol. The normalized spacial score (nSPS) is 21.1. The molecule has 3 heteroatoms. The van der Waals surface area contributed by atoms with E-state index in [1.54, 1.807) is 6.07 Å². The fraction of sp³-hybridized carbons (Fsp3) is 0.538. The molecule has 2 aliphatic heterocycles. The molecule has 1 aromatic carbocycles. The van der Waals surface area contributed by atoms with Gasteiger partial charge in [0.25, 0.3) is 0 Å². The van der Waals surface area contributed by atoms with Crippen LogP contribution in [0, 0.1) is 5.82 Å². The molecule has 0 aliphatic carbocycles. The first-order valence-corrected chi connectivity index (χ1v) is 5.94. The number of hydrogen-bond donors (Lipinski definition) is 1. The Morgan fingerprint density at radius 1 is 1.12 bits per heavy atom. The molecule has 2 heterocycles. The lowest BCUT2D eigenvalue weighted by molar-refractivity contribution is 0.0846. The Morgan fingerprint density at radius 2 is 1.81 bits per heavy atom. The molecule has 1 N–H and O–H groups in total. The Balaban J connectivity index is 1.94. The highest BCUT2D eigenvalue weighted by molar-refractivity contribution is 5.37. The van der Waals surface area contributed by atoms with Gasteiger partial charge in [-0.05, 0) is 41.5 Å². The third kappa shape index (κ3) is 1.74. The average Bonchev–Trinajstić information content (AvgIpc) is 2.76. The smallest absolute Gasteiger partial charge is 0.127 e. The second-order valence-corrected chi connectivity index (χ2v) is 4.63. The molecule has 0 spiro atoms. The third-order valence-corrected chi connectivity index (χ3v) is 3.61. The molecule has 86 valence electrons. The van der Waals surface area contributed by atoms with Crippen molar-refractivity contribution in [1.29, 1.82) is 0 Å². The average molecular weight is 221 g/mol. The molecule has 1 fully saturated rings. The van der Waals surface area contributed by atoms with Crippen LogP contribution in [0.3, 0.4) is 0 Å². The van der Waals surface area contributed by atoms with Crippen molar-refractivity contribution in [2.24, 2.45) is 0 Å². The van der Waals surface area contributed by atoms with E-state index >= 15 is 0 Å². The zero-order chi connectivity index (χ0) is 11.0. The van der Waals surface area contributed by atoms with E-state index in [4.69, 9.17) is 4.74 Å². The van der Waals surface area contributed by atoms with Crippen LogP contribution in [0.5, 0.6) is 0 Å². The van der Waals surface area contributed by atoms with Gasteiger partial charge in [-0.3, -0.25) is 0 Å². The van der Waals surface area contributed by atoms with Crippen molar-refractivity contribution in [3.05, 3.63) is 34.6 Å². The van der Waals surface area contributed by atoms with Crippen LogP contribution >= 0.6 is 0 Å². The molecule has 0 saturated carbocycles. The van der Waals surface area contributed by atoms with Crippen LogP contribution in [0.15, 0.2) is 12.1 Å². The van der Waals surface area contributed by atoms with Gasteiger partial charge in [-0.15, -0.1) is 0 Å². The minimum absolute atomic E-state index is 0.0330. The molecule has 0 aromatic heterocycles. The van der Waals surface area contributed by atoms with E-state index < -0.39 is 0 Å². The predicted octanol–water partition coefficient (Wildman–Crippen LogP) is 2.32. The number of halogens is 1. The Hall–Kier alpha value is -0.930. The fourth-order valence-corrected chi connectivity index (χ4v) is 2.66. The predicted molar refractivity (Wildman–Crippen MR) is 59.7 cm³/mol. The maximum absolute atomic E-state index is 14.0. The number of nitrogens with one attached hydrogen (secondary N) is 1. The SMILES string of the molecule is Fc1cc2c(cc1C1CCOCC1)CNC2. The van der Waals surface area contributed by atoms with Gasteiger partial charge < -0.3 is 10.1 Å². The lowest BCUT2D eigenvalue weighted by Crippen LogP contribution is -2.15. The maximum atomic E-state index is 14.0. The first-order chi connectivity index (χ1) is 7.84. The van der Waals surface area contributed by atoms with E-state index in [1.165, 1.54) is 5.56 Å². The highest BCUT2D eigenvalue weighted by Crippen LogP contribution is 2.31. The van der Waals surface area contributed by atoms with E-state index in [0.29, 0.717) is 5.92 Å². The zero-order valence-corrected chi connectivity index (χ0v) is 9.26. The van der Waals surface area contributed by atoms with Crippen molar-refractivity contribution in [3.63, 3.8) is 0 Å². The quantitative estimate of drug-likeness (QED) is 0.785. The molecular weight excluding hydrogens is 205 g/mol. The fourth-order valence-electron chi connectivity index (χ4n) is 2.66. The summed E-state index contributed by atoms with van der Waals surface area (Å²) >= 11 is 0. The highest BCUT2D eigenvalue weighted by atomic mass is 19.1. The van der Waals surface area contributed by atoms with Crippen LogP contribution < -0.4 is 5.32 Å². The first-order valence-electron chi connectivity index (χ1n) is 5.94. The Labute approximate surface area is 94.8 Å². The standard InChI is InChI=1S/C13H16FNO/c14-13-6-11-8-15-7-10(11)5-12(13)9-1-3-16-4-2-9/h5-6,9,15H,1-4,7-8H2. The van der Waals surface area contributed by atoms with Gasteiger partial charge in [-0.25, -0.2) is 4.39 Å². The minimum Gasteiger partial charge on any atom is -0.381 e. The molecule has 0 radical (unpaired) electrons. The second kappa shape index (κ2) is 4.15. The van der Waals surface area contributed by atoms with E-state index in [9.17, 15) is 4.39 Å². The lowest BCUT2D eigenvalue weighted by atomic mass is 9.89. The summed E-state index contributed by atoms with van der Waals surface area (Å²) in [6.07, 6.45) is 1.90. The molecule has 1 aromatic rings. The van der Waals surface area contributed by atoms with Crippen molar-refractivity contribution >= 4 is 0 Å². The van der Waals surface area contributed by atoms with Gasteiger partial charge in [-0.2, -0.15) is 0 Å². The van der Waals surface area contributed by atoms with Crippen LogP contribution in [-0.2, 0) is 17.8 Å². The van der Waals surface area contributed by atoms with E-state index in [1.807, 2.05) is 0 Å². The van der Waals surface area contributed by atoms with Crippen molar-refractivity contribution in [2.75, 3.05) is 13.2 Å². The molecule has 3 rings (SSSR count). The summed E-state index contributed by atoms with van der Waals surface area (Å²) in [5.41, 5.74) is 3.28. The number of benzene rings is 1. The minimum atomic E-state index is -0.0330. The highest BCUT2D eigenvalue weighted by Gasteiger charge is 2.22. The van der Waals surface area contributed by atoms with Crippen LogP contribution in [0.1, 0.15) is 35.4 Å². The summed E-state index contributed by atoms with van der Waals surface area (Å²) in [6.45, 7) is 3.21. The Bertz CT molecular complexity index is 399. The van der Waals surface area contributed by atoms with Crippen LogP contribution in [-0.4, -0.2) is 13.2 Å². The van der Waals surface area contributed by atoms with Crippen molar-refractivity contribution in [1.82, 2.24) is 5.32 Å². The zero-order valence-electron chi connectivity index (χ0n) is 9.26. The first kappa shape index (κ1) is 10.2. The Kier molecular flexibility index (Phi) is 2.65. The van der Waals surface area contributed by atoms with Crippen LogP contribution in [0.2, 0.25) is 0 Å². The second-order valence-electron chi connectivity index (χ2n) is 4.63. The summed E-state index contributed by atoms with van der Waals surface area (Å²) < 4.78 is 19.3. The molecule has 2 nitrogen and oxygen atoms in total. The van der Waals surface area contributed by atoms with E-state index in [-0.39, 0.29) is 5.82 Å². The topological polar surface area (TPSA) is 21.3 Å². The van der Waals surface area contributed by atoms with Gasteiger partial charge in [0.1, 0.15) is 5.82 Å². The molecule has 1 saturated heterocycles. The van der Waals surface area contributed by atoms with Gasteiger partial charge in [0.05, 0.1) is 0 Å². The molecule has 16 heavy (non-hydrogen) atoms. The van der Waals surface area contributed by atoms with Crippen LogP contribution in [0.25, 0.3) is 0 Å². The summed E-state index contributed by atoms with van der Waals surface area (Å²) in [4.78, 5) is 0. The number of fused-ring (bicyclic) bond motifs is 1. The summed E-state index contributed by atoms with van der Waals surface area (Å²) in [5, 5.41) is 3.25. The number of rotatable bonds is 1. The molecule has 2 aliphatic rings. The van der Waals surface area contributed by atoms with Gasteiger partial charge in [0.15, 0.2) is 0 Å². The summed E-state index contributed by atoms with van der Waals surface area (Å²) in [5.74, 6) is 0.314. The van der Waals surface area contributed by atoms with E-state index in [2.05, 4.69) is 11.4 Å². The maximum Gasteiger partial charge on any atom is 0.127 e. The molecular formula is C13H16FNO. The van der Waals surface area contributed by atoms with Crippen LogP contribution in [0.4, 0.5) is 4.39 Å². The van der Waals surface area contributed by atoms with Crippen molar-refractivity contribution in [2.45, 2.75) is 31.8 Å². The van der Waals surface area contributed by atoms with Gasteiger partial charge >= 0.3 is 0 Å². The largest absolute Gasteiger partial charge is 0.381 e. The number of ether oxygens (including phenoxy) is 1. The molecule has 0 atom stereocenters. The van der Waals surface area contributed by atoms with Gasteiger partial charge in [-0.1, -0.05) is 6.07 Å². The van der Waals surface area contributed by atoms with E-state index in [0.717, 1.165) is 50.3 Å². The van der Waals surface area contributed by atoms with Crippen molar-refractivity contribution < 1.29 is 9.13 Å². The molecule has 0 amide bonds. The third-order valence-electron chi connectivity index (χ3n) is 3.61.